The molecule has 0 saturated heterocycles. The Kier molecular flexibility index (Phi) is 4.66. The highest BCUT2D eigenvalue weighted by Crippen LogP contribution is 2.21. The monoisotopic (exact) mass is 258 g/mol. The highest BCUT2D eigenvalue weighted by atomic mass is 16.5. The van der Waals surface area contributed by atoms with E-state index >= 15 is 0 Å². The maximum absolute atomic E-state index is 5.37. The smallest absolute Gasteiger partial charge is 0.218 e. The minimum atomic E-state index is 0.201. The quantitative estimate of drug-likeness (QED) is 0.863. The van der Waals surface area contributed by atoms with E-state index in [9.17, 15) is 0 Å². The minimum Gasteiger partial charge on any atom is -0.478 e. The number of anilines is 1. The van der Waals surface area contributed by atoms with Crippen LogP contribution in [0.1, 0.15) is 31.9 Å². The maximum atomic E-state index is 5.37. The Hall–Kier alpha value is -2.17. The first-order valence-corrected chi connectivity index (χ1v) is 6.44. The fourth-order valence-corrected chi connectivity index (χ4v) is 1.84. The number of aromatic nitrogens is 3. The molecule has 2 aromatic heterocycles. The zero-order valence-electron chi connectivity index (χ0n) is 11.2. The molecule has 1 N–H and O–H groups in total. The van der Waals surface area contributed by atoms with Crippen LogP contribution in [0.5, 0.6) is 5.88 Å². The van der Waals surface area contributed by atoms with E-state index in [1.807, 2.05) is 25.1 Å². The maximum Gasteiger partial charge on any atom is 0.218 e. The summed E-state index contributed by atoms with van der Waals surface area (Å²) in [7, 11) is 0. The Bertz CT molecular complexity index is 504. The number of rotatable bonds is 6. The van der Waals surface area contributed by atoms with Gasteiger partial charge in [0, 0.05) is 18.5 Å². The number of nitrogens with one attached hydrogen (secondary N) is 1. The topological polar surface area (TPSA) is 59.9 Å². The van der Waals surface area contributed by atoms with Gasteiger partial charge in [0.05, 0.1) is 12.6 Å². The van der Waals surface area contributed by atoms with Crippen molar-refractivity contribution in [2.24, 2.45) is 0 Å². The standard InChI is InChI=1S/C14H18N4O/c1-3-12(11-5-7-15-8-6-11)18-13-9-14(19-4-2)17-10-16-13/h5-10,12H,3-4H2,1-2H3,(H,16,17,18). The summed E-state index contributed by atoms with van der Waals surface area (Å²) in [6.07, 6.45) is 6.06. The third-order valence-corrected chi connectivity index (χ3v) is 2.77. The third kappa shape index (κ3) is 3.64. The molecule has 2 heterocycles. The van der Waals surface area contributed by atoms with Gasteiger partial charge in [-0.3, -0.25) is 4.98 Å². The van der Waals surface area contributed by atoms with Crippen molar-refractivity contribution in [1.29, 1.82) is 0 Å². The molecule has 0 bridgehead atoms. The molecule has 0 amide bonds. The van der Waals surface area contributed by atoms with Crippen LogP contribution >= 0.6 is 0 Å². The van der Waals surface area contributed by atoms with E-state index in [2.05, 4.69) is 27.2 Å². The van der Waals surface area contributed by atoms with Crippen molar-refractivity contribution in [3.05, 3.63) is 42.5 Å². The number of ether oxygens (including phenoxy) is 1. The van der Waals surface area contributed by atoms with Crippen molar-refractivity contribution in [2.45, 2.75) is 26.3 Å². The van der Waals surface area contributed by atoms with Crippen molar-refractivity contribution < 1.29 is 4.74 Å². The van der Waals surface area contributed by atoms with E-state index in [1.54, 1.807) is 12.4 Å². The van der Waals surface area contributed by atoms with Gasteiger partial charge >= 0.3 is 0 Å². The minimum absolute atomic E-state index is 0.201. The van der Waals surface area contributed by atoms with Crippen LogP contribution in [0.4, 0.5) is 5.82 Å². The molecule has 100 valence electrons. The third-order valence-electron chi connectivity index (χ3n) is 2.77. The average Bonchev–Trinajstić information content (AvgIpc) is 2.46. The lowest BCUT2D eigenvalue weighted by molar-refractivity contribution is 0.326. The largest absolute Gasteiger partial charge is 0.478 e. The first-order chi connectivity index (χ1) is 9.33. The van der Waals surface area contributed by atoms with Crippen LogP contribution in [0.25, 0.3) is 0 Å². The molecule has 2 aromatic rings. The highest BCUT2D eigenvalue weighted by molar-refractivity contribution is 5.40. The summed E-state index contributed by atoms with van der Waals surface area (Å²) in [4.78, 5) is 12.3. The fraction of sp³-hybridized carbons (Fsp3) is 0.357. The summed E-state index contributed by atoms with van der Waals surface area (Å²) in [5.74, 6) is 1.35. The number of hydrogen-bond acceptors (Lipinski definition) is 5. The van der Waals surface area contributed by atoms with Gasteiger partial charge in [0.1, 0.15) is 12.1 Å². The molecule has 0 radical (unpaired) electrons. The number of nitrogens with zero attached hydrogens (tertiary/aromatic N) is 3. The fourth-order valence-electron chi connectivity index (χ4n) is 1.84. The highest BCUT2D eigenvalue weighted by Gasteiger charge is 2.10. The van der Waals surface area contributed by atoms with Gasteiger partial charge in [-0.1, -0.05) is 6.92 Å². The second-order valence-electron chi connectivity index (χ2n) is 4.06. The second-order valence-corrected chi connectivity index (χ2v) is 4.06. The van der Waals surface area contributed by atoms with Crippen LogP contribution in [-0.4, -0.2) is 21.6 Å². The van der Waals surface area contributed by atoms with Crippen molar-refractivity contribution in [1.82, 2.24) is 15.0 Å². The van der Waals surface area contributed by atoms with Crippen LogP contribution in [0.3, 0.4) is 0 Å². The molecule has 0 aliphatic rings. The van der Waals surface area contributed by atoms with Gasteiger partial charge in [-0.25, -0.2) is 9.97 Å². The van der Waals surface area contributed by atoms with Crippen LogP contribution in [0.2, 0.25) is 0 Å². The molecule has 1 unspecified atom stereocenters. The molecular formula is C14H18N4O. The molecule has 0 aromatic carbocycles. The lowest BCUT2D eigenvalue weighted by Gasteiger charge is -2.18. The van der Waals surface area contributed by atoms with Crippen molar-refractivity contribution in [3.8, 4) is 5.88 Å². The second kappa shape index (κ2) is 6.68. The molecule has 0 aliphatic heterocycles. The summed E-state index contributed by atoms with van der Waals surface area (Å²) in [6, 6.07) is 6.03. The van der Waals surface area contributed by atoms with Gasteiger partial charge in [0.2, 0.25) is 5.88 Å². The molecule has 5 heteroatoms. The van der Waals surface area contributed by atoms with E-state index < -0.39 is 0 Å². The Labute approximate surface area is 113 Å². The molecule has 1 atom stereocenters. The average molecular weight is 258 g/mol. The van der Waals surface area contributed by atoms with Gasteiger partial charge in [-0.2, -0.15) is 0 Å². The van der Waals surface area contributed by atoms with Gasteiger partial charge in [0.25, 0.3) is 0 Å². The molecule has 19 heavy (non-hydrogen) atoms. The van der Waals surface area contributed by atoms with Crippen LogP contribution in [-0.2, 0) is 0 Å². The first kappa shape index (κ1) is 13.3. The van der Waals surface area contributed by atoms with E-state index in [0.717, 1.165) is 12.2 Å². The zero-order chi connectivity index (χ0) is 13.5. The predicted molar refractivity (Wildman–Crippen MR) is 74.1 cm³/mol. The van der Waals surface area contributed by atoms with Gasteiger partial charge < -0.3 is 10.1 Å². The molecule has 0 fully saturated rings. The molecule has 0 saturated carbocycles. The summed E-state index contributed by atoms with van der Waals surface area (Å²) in [5, 5.41) is 3.38. The zero-order valence-corrected chi connectivity index (χ0v) is 11.2. The molecule has 5 nitrogen and oxygen atoms in total. The van der Waals surface area contributed by atoms with Crippen LogP contribution < -0.4 is 10.1 Å². The van der Waals surface area contributed by atoms with E-state index in [1.165, 1.54) is 11.9 Å². The van der Waals surface area contributed by atoms with E-state index in [0.29, 0.717) is 12.5 Å². The van der Waals surface area contributed by atoms with Crippen molar-refractivity contribution in [3.63, 3.8) is 0 Å². The van der Waals surface area contributed by atoms with Gasteiger partial charge in [-0.05, 0) is 31.0 Å². The summed E-state index contributed by atoms with van der Waals surface area (Å²) >= 11 is 0. The number of hydrogen-bond donors (Lipinski definition) is 1. The van der Waals surface area contributed by atoms with E-state index in [-0.39, 0.29) is 6.04 Å². The van der Waals surface area contributed by atoms with Crippen molar-refractivity contribution in [2.75, 3.05) is 11.9 Å². The Morgan fingerprint density at radius 2 is 2.00 bits per heavy atom. The summed E-state index contributed by atoms with van der Waals surface area (Å²) in [6.45, 7) is 4.65. The molecule has 0 spiro atoms. The lowest BCUT2D eigenvalue weighted by atomic mass is 10.1. The van der Waals surface area contributed by atoms with E-state index in [4.69, 9.17) is 4.74 Å². The summed E-state index contributed by atoms with van der Waals surface area (Å²) in [5.41, 5.74) is 1.19. The SMILES string of the molecule is CCOc1cc(NC(CC)c2ccncc2)ncn1. The van der Waals surface area contributed by atoms with Gasteiger partial charge in [0.15, 0.2) is 0 Å². The van der Waals surface area contributed by atoms with Crippen LogP contribution in [0.15, 0.2) is 36.9 Å². The Morgan fingerprint density at radius 1 is 1.21 bits per heavy atom. The lowest BCUT2D eigenvalue weighted by Crippen LogP contribution is -2.11. The van der Waals surface area contributed by atoms with Crippen molar-refractivity contribution >= 4 is 5.82 Å². The Morgan fingerprint density at radius 3 is 2.68 bits per heavy atom. The molecular weight excluding hydrogens is 240 g/mol. The normalized spacial score (nSPS) is 11.9. The summed E-state index contributed by atoms with van der Waals surface area (Å²) < 4.78 is 5.37. The first-order valence-electron chi connectivity index (χ1n) is 6.44. The van der Waals surface area contributed by atoms with Gasteiger partial charge in [-0.15, -0.1) is 0 Å². The molecule has 2 rings (SSSR count). The van der Waals surface area contributed by atoms with Crippen LogP contribution in [0, 0.1) is 0 Å². The number of pyridine rings is 1. The predicted octanol–water partition coefficient (Wildman–Crippen LogP) is 2.83. The molecule has 0 aliphatic carbocycles. The Balaban J connectivity index is 2.12.